The fourth-order valence-electron chi connectivity index (χ4n) is 2.45. The largest absolute Gasteiger partial charge is 0.369 e. The Hall–Kier alpha value is -2.70. The van der Waals surface area contributed by atoms with Gasteiger partial charge in [-0.2, -0.15) is 0 Å². The van der Waals surface area contributed by atoms with Crippen molar-refractivity contribution < 1.29 is 14.5 Å². The molecule has 0 aliphatic carbocycles. The summed E-state index contributed by atoms with van der Waals surface area (Å²) in [5, 5.41) is 10.9. The molecule has 116 valence electrons. The van der Waals surface area contributed by atoms with Crippen molar-refractivity contribution in [2.24, 2.45) is 11.7 Å². The topological polar surface area (TPSA) is 107 Å². The number of likely N-dealkylation sites (tertiary alicyclic amines) is 1. The minimum atomic E-state index is -0.484. The van der Waals surface area contributed by atoms with E-state index in [4.69, 9.17) is 5.73 Å². The van der Waals surface area contributed by atoms with Crippen LogP contribution in [0.15, 0.2) is 30.3 Å². The summed E-state index contributed by atoms with van der Waals surface area (Å²) in [4.78, 5) is 35.2. The Morgan fingerprint density at radius 1 is 1.27 bits per heavy atom. The highest BCUT2D eigenvalue weighted by molar-refractivity contribution is 5.92. The van der Waals surface area contributed by atoms with Crippen LogP contribution in [0.2, 0.25) is 0 Å². The number of carbonyl (C=O) groups is 2. The zero-order valence-corrected chi connectivity index (χ0v) is 12.0. The minimum absolute atomic E-state index is 0.0426. The number of primary amides is 1. The number of nitrogens with two attached hydrogens (primary N) is 1. The molecule has 7 nitrogen and oxygen atoms in total. The Balaban J connectivity index is 2.01. The molecular formula is C15H17N3O4. The molecule has 1 aromatic carbocycles. The van der Waals surface area contributed by atoms with Crippen LogP contribution in [-0.2, 0) is 9.59 Å². The smallest absolute Gasteiger partial charge is 0.276 e. The van der Waals surface area contributed by atoms with E-state index in [1.807, 2.05) is 0 Å². The van der Waals surface area contributed by atoms with E-state index in [1.165, 1.54) is 18.2 Å². The summed E-state index contributed by atoms with van der Waals surface area (Å²) >= 11 is 0. The first-order valence-corrected chi connectivity index (χ1v) is 6.98. The van der Waals surface area contributed by atoms with Crippen molar-refractivity contribution in [2.75, 3.05) is 13.1 Å². The van der Waals surface area contributed by atoms with Crippen LogP contribution in [0.5, 0.6) is 0 Å². The van der Waals surface area contributed by atoms with Gasteiger partial charge in [0.05, 0.1) is 10.5 Å². The molecule has 2 N–H and O–H groups in total. The van der Waals surface area contributed by atoms with E-state index < -0.39 is 4.92 Å². The molecule has 0 atom stereocenters. The number of amides is 2. The van der Waals surface area contributed by atoms with Crippen LogP contribution >= 0.6 is 0 Å². The molecule has 1 saturated heterocycles. The second kappa shape index (κ2) is 6.84. The van der Waals surface area contributed by atoms with Crippen molar-refractivity contribution in [3.05, 3.63) is 46.0 Å². The first kappa shape index (κ1) is 15.7. The van der Waals surface area contributed by atoms with E-state index in [1.54, 1.807) is 23.1 Å². The van der Waals surface area contributed by atoms with Gasteiger partial charge < -0.3 is 10.6 Å². The van der Waals surface area contributed by atoms with E-state index in [2.05, 4.69) is 0 Å². The van der Waals surface area contributed by atoms with Gasteiger partial charge in [-0.1, -0.05) is 12.1 Å². The predicted octanol–water partition coefficient (Wildman–Crippen LogP) is 1.33. The first-order valence-electron chi connectivity index (χ1n) is 6.98. The van der Waals surface area contributed by atoms with E-state index in [-0.39, 0.29) is 23.4 Å². The predicted molar refractivity (Wildman–Crippen MR) is 80.6 cm³/mol. The van der Waals surface area contributed by atoms with Crippen LogP contribution in [0.25, 0.3) is 6.08 Å². The number of nitro groups is 1. The zero-order chi connectivity index (χ0) is 16.1. The second-order valence-corrected chi connectivity index (χ2v) is 5.15. The summed E-state index contributed by atoms with van der Waals surface area (Å²) in [6, 6.07) is 6.23. The SMILES string of the molecule is NC(=O)C1CCN(C(=O)/C=C/c2ccccc2[N+](=O)[O-])CC1. The number of hydrogen-bond acceptors (Lipinski definition) is 4. The van der Waals surface area contributed by atoms with Crippen molar-refractivity contribution in [1.82, 2.24) is 4.90 Å². The lowest BCUT2D eigenvalue weighted by molar-refractivity contribution is -0.385. The van der Waals surface area contributed by atoms with Gasteiger partial charge in [-0.25, -0.2) is 0 Å². The number of benzene rings is 1. The molecule has 2 rings (SSSR count). The molecule has 1 aliphatic rings. The molecular weight excluding hydrogens is 286 g/mol. The molecule has 0 aromatic heterocycles. The van der Waals surface area contributed by atoms with Crippen LogP contribution in [0.1, 0.15) is 18.4 Å². The van der Waals surface area contributed by atoms with E-state index in [0.717, 1.165) is 0 Å². The third-order valence-electron chi connectivity index (χ3n) is 3.75. The lowest BCUT2D eigenvalue weighted by atomic mass is 9.96. The van der Waals surface area contributed by atoms with Gasteiger partial charge in [-0.15, -0.1) is 0 Å². The summed E-state index contributed by atoms with van der Waals surface area (Å²) in [5.74, 6) is -0.730. The van der Waals surface area contributed by atoms with Crippen LogP contribution in [0, 0.1) is 16.0 Å². The minimum Gasteiger partial charge on any atom is -0.369 e. The third kappa shape index (κ3) is 3.69. The summed E-state index contributed by atoms with van der Waals surface area (Å²) < 4.78 is 0. The zero-order valence-electron chi connectivity index (χ0n) is 12.0. The molecule has 1 heterocycles. The monoisotopic (exact) mass is 303 g/mol. The number of nitrogens with zero attached hydrogens (tertiary/aromatic N) is 2. The third-order valence-corrected chi connectivity index (χ3v) is 3.75. The summed E-state index contributed by atoms with van der Waals surface area (Å²) in [5.41, 5.74) is 5.59. The molecule has 1 aromatic rings. The summed E-state index contributed by atoms with van der Waals surface area (Å²) in [6.07, 6.45) is 3.88. The van der Waals surface area contributed by atoms with Gasteiger partial charge >= 0.3 is 0 Å². The van der Waals surface area contributed by atoms with Gasteiger partial charge in [0.15, 0.2) is 0 Å². The van der Waals surface area contributed by atoms with E-state index >= 15 is 0 Å². The van der Waals surface area contributed by atoms with Crippen LogP contribution in [0.3, 0.4) is 0 Å². The average molecular weight is 303 g/mol. The van der Waals surface area contributed by atoms with Crippen LogP contribution in [0.4, 0.5) is 5.69 Å². The van der Waals surface area contributed by atoms with Gasteiger partial charge in [0, 0.05) is 31.1 Å². The Labute approximate surface area is 127 Å². The van der Waals surface area contributed by atoms with Crippen molar-refractivity contribution in [3.63, 3.8) is 0 Å². The Morgan fingerprint density at radius 3 is 2.50 bits per heavy atom. The molecule has 7 heteroatoms. The molecule has 0 spiro atoms. The molecule has 22 heavy (non-hydrogen) atoms. The van der Waals surface area contributed by atoms with Crippen molar-refractivity contribution in [2.45, 2.75) is 12.8 Å². The van der Waals surface area contributed by atoms with Gasteiger partial charge in [-0.3, -0.25) is 19.7 Å². The average Bonchev–Trinajstić information content (AvgIpc) is 2.52. The fraction of sp³-hybridized carbons (Fsp3) is 0.333. The highest BCUT2D eigenvalue weighted by Crippen LogP contribution is 2.20. The van der Waals surface area contributed by atoms with Crippen LogP contribution < -0.4 is 5.73 Å². The van der Waals surface area contributed by atoms with Gasteiger partial charge in [-0.05, 0) is 25.0 Å². The summed E-state index contributed by atoms with van der Waals surface area (Å²) in [6.45, 7) is 0.932. The van der Waals surface area contributed by atoms with Gasteiger partial charge in [0.2, 0.25) is 11.8 Å². The number of nitro benzene ring substituents is 1. The van der Waals surface area contributed by atoms with Gasteiger partial charge in [0.25, 0.3) is 5.69 Å². The molecule has 0 saturated carbocycles. The van der Waals surface area contributed by atoms with Crippen molar-refractivity contribution in [1.29, 1.82) is 0 Å². The Morgan fingerprint density at radius 2 is 1.91 bits per heavy atom. The molecule has 0 bridgehead atoms. The second-order valence-electron chi connectivity index (χ2n) is 5.15. The molecule has 2 amide bonds. The van der Waals surface area contributed by atoms with E-state index in [0.29, 0.717) is 31.5 Å². The standard InChI is InChI=1S/C15H17N3O4/c16-15(20)12-7-9-17(10-8-12)14(19)6-5-11-3-1-2-4-13(11)18(21)22/h1-6,12H,7-10H2,(H2,16,20)/b6-5+. The number of hydrogen-bond donors (Lipinski definition) is 1. The molecule has 0 unspecified atom stereocenters. The van der Waals surface area contributed by atoms with Crippen LogP contribution in [-0.4, -0.2) is 34.7 Å². The maximum atomic E-state index is 12.1. The Kier molecular flexibility index (Phi) is 4.88. The quantitative estimate of drug-likeness (QED) is 0.514. The number of para-hydroxylation sites is 1. The molecule has 0 radical (unpaired) electrons. The van der Waals surface area contributed by atoms with Crippen molar-refractivity contribution in [3.8, 4) is 0 Å². The normalized spacial score (nSPS) is 15.9. The van der Waals surface area contributed by atoms with Crippen molar-refractivity contribution >= 4 is 23.6 Å². The lowest BCUT2D eigenvalue weighted by Gasteiger charge is -2.29. The lowest BCUT2D eigenvalue weighted by Crippen LogP contribution is -2.41. The molecule has 1 fully saturated rings. The van der Waals surface area contributed by atoms with E-state index in [9.17, 15) is 19.7 Å². The fourth-order valence-corrected chi connectivity index (χ4v) is 2.45. The Bertz CT molecular complexity index is 619. The number of piperidine rings is 1. The maximum Gasteiger partial charge on any atom is 0.276 e. The summed E-state index contributed by atoms with van der Waals surface area (Å²) in [7, 11) is 0. The van der Waals surface area contributed by atoms with Gasteiger partial charge in [0.1, 0.15) is 0 Å². The first-order chi connectivity index (χ1) is 10.5. The highest BCUT2D eigenvalue weighted by Gasteiger charge is 2.24. The highest BCUT2D eigenvalue weighted by atomic mass is 16.6. The molecule has 1 aliphatic heterocycles. The number of carbonyl (C=O) groups excluding carboxylic acids is 2. The number of rotatable bonds is 4. The maximum absolute atomic E-state index is 12.1.